The minimum absolute atomic E-state index is 0.352. The van der Waals surface area contributed by atoms with Crippen LogP contribution in [0.1, 0.15) is 26.2 Å². The molecule has 0 aromatic heterocycles. The van der Waals surface area contributed by atoms with Gasteiger partial charge in [0, 0.05) is 26.2 Å². The van der Waals surface area contributed by atoms with Crippen molar-refractivity contribution in [2.75, 3.05) is 46.8 Å². The van der Waals surface area contributed by atoms with Crippen molar-refractivity contribution >= 4 is 10.2 Å². The lowest BCUT2D eigenvalue weighted by Gasteiger charge is -2.24. The predicted octanol–water partition coefficient (Wildman–Crippen LogP) is -0.154. The van der Waals surface area contributed by atoms with Gasteiger partial charge >= 0.3 is 0 Å². The zero-order valence-corrected chi connectivity index (χ0v) is 13.2. The molecular formula is C12H28N4O2S. The quantitative estimate of drug-likeness (QED) is 0.580. The highest BCUT2D eigenvalue weighted by Gasteiger charge is 2.25. The highest BCUT2D eigenvalue weighted by Crippen LogP contribution is 2.15. The third kappa shape index (κ3) is 5.35. The molecule has 1 heterocycles. The molecule has 1 saturated heterocycles. The molecule has 0 aromatic rings. The van der Waals surface area contributed by atoms with Gasteiger partial charge in [0.25, 0.3) is 10.2 Å². The van der Waals surface area contributed by atoms with Crippen LogP contribution in [0.25, 0.3) is 0 Å². The fourth-order valence-corrected chi connectivity index (χ4v) is 3.45. The second-order valence-electron chi connectivity index (χ2n) is 5.06. The first kappa shape index (κ1) is 16.8. The molecular weight excluding hydrogens is 264 g/mol. The Morgan fingerprint density at radius 1 is 1.42 bits per heavy atom. The van der Waals surface area contributed by atoms with Crippen molar-refractivity contribution in [3.05, 3.63) is 0 Å². The molecule has 1 unspecified atom stereocenters. The molecule has 6 nitrogen and oxygen atoms in total. The number of likely N-dealkylation sites (tertiary alicyclic amines) is 1. The molecule has 19 heavy (non-hydrogen) atoms. The predicted molar refractivity (Wildman–Crippen MR) is 78.4 cm³/mol. The second-order valence-corrected chi connectivity index (χ2v) is 6.92. The number of hydrogen-bond acceptors (Lipinski definition) is 4. The largest absolute Gasteiger partial charge is 0.320 e. The van der Waals surface area contributed by atoms with Crippen LogP contribution in [0.15, 0.2) is 0 Å². The fourth-order valence-electron chi connectivity index (χ4n) is 2.45. The van der Waals surface area contributed by atoms with Crippen molar-refractivity contribution in [1.82, 2.24) is 19.2 Å². The molecule has 1 rings (SSSR count). The Kier molecular flexibility index (Phi) is 7.23. The van der Waals surface area contributed by atoms with Gasteiger partial charge in [-0.05, 0) is 45.9 Å². The first-order valence-corrected chi connectivity index (χ1v) is 8.54. The van der Waals surface area contributed by atoms with Crippen LogP contribution >= 0.6 is 0 Å². The maximum Gasteiger partial charge on any atom is 0.279 e. The van der Waals surface area contributed by atoms with Gasteiger partial charge in [0.1, 0.15) is 0 Å². The van der Waals surface area contributed by atoms with Crippen LogP contribution in [-0.2, 0) is 10.2 Å². The van der Waals surface area contributed by atoms with Gasteiger partial charge in [-0.15, -0.1) is 0 Å². The monoisotopic (exact) mass is 292 g/mol. The maximum absolute atomic E-state index is 12.1. The van der Waals surface area contributed by atoms with E-state index < -0.39 is 10.2 Å². The van der Waals surface area contributed by atoms with E-state index in [-0.39, 0.29) is 0 Å². The van der Waals surface area contributed by atoms with Crippen molar-refractivity contribution in [2.45, 2.75) is 32.2 Å². The smallest absolute Gasteiger partial charge is 0.279 e. The third-order valence-electron chi connectivity index (χ3n) is 3.72. The first-order chi connectivity index (χ1) is 9.01. The topological polar surface area (TPSA) is 64.7 Å². The molecule has 1 aliphatic heterocycles. The summed E-state index contributed by atoms with van der Waals surface area (Å²) in [5.41, 5.74) is 0. The fraction of sp³-hybridized carbons (Fsp3) is 1.00. The Bertz CT molecular complexity index is 348. The van der Waals surface area contributed by atoms with Crippen molar-refractivity contribution in [2.24, 2.45) is 0 Å². The van der Waals surface area contributed by atoms with Crippen LogP contribution in [-0.4, -0.2) is 70.5 Å². The Morgan fingerprint density at radius 2 is 2.16 bits per heavy atom. The van der Waals surface area contributed by atoms with Crippen LogP contribution in [0, 0.1) is 0 Å². The van der Waals surface area contributed by atoms with Crippen LogP contribution in [0.4, 0.5) is 0 Å². The van der Waals surface area contributed by atoms with Gasteiger partial charge in [0.15, 0.2) is 0 Å². The van der Waals surface area contributed by atoms with Crippen molar-refractivity contribution in [3.63, 3.8) is 0 Å². The minimum atomic E-state index is -3.33. The Labute approximate surface area is 117 Å². The summed E-state index contributed by atoms with van der Waals surface area (Å²) in [6.45, 7) is 6.08. The molecule has 0 bridgehead atoms. The van der Waals surface area contributed by atoms with E-state index in [1.807, 2.05) is 7.05 Å². The molecule has 0 saturated carbocycles. The third-order valence-corrected chi connectivity index (χ3v) is 5.25. The molecule has 0 amide bonds. The summed E-state index contributed by atoms with van der Waals surface area (Å²) in [5.74, 6) is 0. The lowest BCUT2D eigenvalue weighted by atomic mass is 10.2. The average Bonchev–Trinajstić information content (AvgIpc) is 2.84. The van der Waals surface area contributed by atoms with E-state index in [1.54, 1.807) is 7.05 Å². The average molecular weight is 292 g/mol. The summed E-state index contributed by atoms with van der Waals surface area (Å²) in [4.78, 5) is 2.34. The van der Waals surface area contributed by atoms with E-state index in [9.17, 15) is 8.42 Å². The summed E-state index contributed by atoms with van der Waals surface area (Å²) in [6.07, 6.45) is 3.07. The number of rotatable bonds is 9. The molecule has 114 valence electrons. The van der Waals surface area contributed by atoms with E-state index in [0.29, 0.717) is 19.1 Å². The highest BCUT2D eigenvalue weighted by atomic mass is 32.2. The normalized spacial score (nSPS) is 21.4. The van der Waals surface area contributed by atoms with E-state index in [1.165, 1.54) is 4.31 Å². The van der Waals surface area contributed by atoms with Gasteiger partial charge in [-0.1, -0.05) is 6.92 Å². The standard InChI is InChI=1S/C12H28N4O2S/c1-4-16-10-5-7-12(16)11-14-19(17,18)15(3)9-6-8-13-2/h12-14H,4-11H2,1-3H3. The lowest BCUT2D eigenvalue weighted by Crippen LogP contribution is -2.45. The summed E-state index contributed by atoms with van der Waals surface area (Å²) < 4.78 is 28.2. The summed E-state index contributed by atoms with van der Waals surface area (Å²) in [5, 5.41) is 3.02. The van der Waals surface area contributed by atoms with E-state index in [0.717, 1.165) is 38.9 Å². The van der Waals surface area contributed by atoms with Crippen LogP contribution in [0.2, 0.25) is 0 Å². The Hall–Kier alpha value is -0.210. The summed E-state index contributed by atoms with van der Waals surface area (Å²) in [7, 11) is 0.165. The molecule has 0 radical (unpaired) electrons. The molecule has 1 atom stereocenters. The minimum Gasteiger partial charge on any atom is -0.320 e. The van der Waals surface area contributed by atoms with Crippen molar-refractivity contribution in [3.8, 4) is 0 Å². The first-order valence-electron chi connectivity index (χ1n) is 7.10. The second kappa shape index (κ2) is 8.16. The Balaban J connectivity index is 2.37. The zero-order chi connectivity index (χ0) is 14.3. The lowest BCUT2D eigenvalue weighted by molar-refractivity contribution is 0.266. The van der Waals surface area contributed by atoms with Gasteiger partial charge < -0.3 is 5.32 Å². The SMILES string of the molecule is CCN1CCCC1CNS(=O)(=O)N(C)CCCNC. The molecule has 2 N–H and O–H groups in total. The Morgan fingerprint density at radius 3 is 2.79 bits per heavy atom. The molecule has 0 spiro atoms. The van der Waals surface area contributed by atoms with E-state index >= 15 is 0 Å². The number of likely N-dealkylation sites (N-methyl/N-ethyl adjacent to an activating group) is 1. The maximum atomic E-state index is 12.1. The van der Waals surface area contributed by atoms with Crippen LogP contribution < -0.4 is 10.0 Å². The van der Waals surface area contributed by atoms with Gasteiger partial charge in [0.2, 0.25) is 0 Å². The molecule has 7 heteroatoms. The number of nitrogens with one attached hydrogen (secondary N) is 2. The number of nitrogens with zero attached hydrogens (tertiary/aromatic N) is 2. The van der Waals surface area contributed by atoms with Crippen molar-refractivity contribution < 1.29 is 8.42 Å². The molecule has 1 fully saturated rings. The summed E-state index contributed by atoms with van der Waals surface area (Å²) >= 11 is 0. The van der Waals surface area contributed by atoms with Gasteiger partial charge in [0.05, 0.1) is 0 Å². The molecule has 0 aromatic carbocycles. The molecule has 0 aliphatic carbocycles. The zero-order valence-electron chi connectivity index (χ0n) is 12.4. The van der Waals surface area contributed by atoms with E-state index in [2.05, 4.69) is 21.9 Å². The van der Waals surface area contributed by atoms with Crippen LogP contribution in [0.5, 0.6) is 0 Å². The summed E-state index contributed by atoms with van der Waals surface area (Å²) in [6, 6.07) is 0.352. The number of hydrogen-bond donors (Lipinski definition) is 2. The van der Waals surface area contributed by atoms with E-state index in [4.69, 9.17) is 0 Å². The van der Waals surface area contributed by atoms with Gasteiger partial charge in [-0.2, -0.15) is 12.7 Å². The van der Waals surface area contributed by atoms with Gasteiger partial charge in [-0.3, -0.25) is 4.90 Å². The van der Waals surface area contributed by atoms with Gasteiger partial charge in [-0.25, -0.2) is 4.72 Å². The van der Waals surface area contributed by atoms with Crippen molar-refractivity contribution in [1.29, 1.82) is 0 Å². The van der Waals surface area contributed by atoms with Crippen LogP contribution in [0.3, 0.4) is 0 Å². The molecule has 1 aliphatic rings. The highest BCUT2D eigenvalue weighted by molar-refractivity contribution is 7.87.